The number of benzene rings is 4. The Labute approximate surface area is 507 Å². The number of aliphatic hydroxyl groups excluding tert-OH is 5. The average molecular weight is 1200 g/mol. The van der Waals surface area contributed by atoms with Gasteiger partial charge in [0.15, 0.2) is 39.7 Å². The molecule has 2 aliphatic heterocycles. The lowest BCUT2D eigenvalue weighted by Gasteiger charge is -2.30. The van der Waals surface area contributed by atoms with Crippen LogP contribution in [-0.2, 0) is 20.8 Å². The highest BCUT2D eigenvalue weighted by atomic mass is 16.3. The molecular weight excluding hydrogens is 1120 g/mol. The highest BCUT2D eigenvalue weighted by molar-refractivity contribution is 5.86. The average Bonchev–Trinajstić information content (AvgIpc) is 1.77. The Hall–Kier alpha value is -8.49. The smallest absolute Gasteiger partial charge is 0.315 e. The molecule has 0 unspecified atom stereocenters. The third kappa shape index (κ3) is 11.9. The molecule has 8 aromatic rings. The molecule has 4 aromatic carbocycles. The summed E-state index contributed by atoms with van der Waals surface area (Å²) in [4.78, 5) is 72.3. The van der Waals surface area contributed by atoms with Crippen LogP contribution in [0.25, 0.3) is 22.3 Å². The van der Waals surface area contributed by atoms with Crippen molar-refractivity contribution in [1.29, 1.82) is 0 Å². The van der Waals surface area contributed by atoms with Crippen molar-refractivity contribution in [1.82, 2.24) is 49.7 Å². The van der Waals surface area contributed by atoms with Gasteiger partial charge in [-0.15, -0.1) is 0 Å². The molecule has 460 valence electrons. The van der Waals surface area contributed by atoms with Crippen molar-refractivity contribution >= 4 is 63.5 Å². The molecule has 24 heteroatoms. The summed E-state index contributed by atoms with van der Waals surface area (Å²) in [6.07, 6.45) is 0.134. The van der Waals surface area contributed by atoms with E-state index < -0.39 is 71.9 Å². The fourth-order valence-corrected chi connectivity index (χ4v) is 13.3. The van der Waals surface area contributed by atoms with Gasteiger partial charge in [-0.1, -0.05) is 128 Å². The van der Waals surface area contributed by atoms with Gasteiger partial charge in [-0.25, -0.2) is 14.8 Å². The van der Waals surface area contributed by atoms with E-state index in [-0.39, 0.29) is 62.2 Å². The molecule has 6 heterocycles. The second-order valence-corrected chi connectivity index (χ2v) is 23.9. The van der Waals surface area contributed by atoms with E-state index in [4.69, 9.17) is 29.9 Å². The number of nitrogens with zero attached hydrogens (tertiary/aromatic N) is 10. The van der Waals surface area contributed by atoms with Gasteiger partial charge >= 0.3 is 6.03 Å². The third-order valence-electron chi connectivity index (χ3n) is 18.3. The first-order valence-electron chi connectivity index (χ1n) is 30.2. The Morgan fingerprint density at radius 3 is 1.27 bits per heavy atom. The molecule has 2 aliphatic carbocycles. The fourth-order valence-electron chi connectivity index (χ4n) is 13.3. The molecule has 4 fully saturated rings. The largest absolute Gasteiger partial charge is 0.390 e. The van der Waals surface area contributed by atoms with Crippen molar-refractivity contribution in [3.63, 3.8) is 0 Å². The molecule has 12 rings (SSSR count). The number of Topliss-reactive ketones (excluding diaryl/α,β-unsaturated/α-hetero) is 2. The van der Waals surface area contributed by atoms with Crippen LogP contribution in [0.1, 0.15) is 86.2 Å². The van der Waals surface area contributed by atoms with Crippen molar-refractivity contribution in [2.45, 2.75) is 112 Å². The second-order valence-electron chi connectivity index (χ2n) is 23.9. The number of rotatable bonds is 22. The first-order chi connectivity index (χ1) is 42.6. The van der Waals surface area contributed by atoms with Crippen LogP contribution in [0.15, 0.2) is 134 Å². The van der Waals surface area contributed by atoms with Gasteiger partial charge < -0.3 is 75.9 Å². The van der Waals surface area contributed by atoms with Crippen LogP contribution in [0.2, 0.25) is 0 Å². The zero-order chi connectivity index (χ0) is 61.3. The van der Waals surface area contributed by atoms with Crippen molar-refractivity contribution in [2.75, 3.05) is 66.3 Å². The zero-order valence-electron chi connectivity index (χ0n) is 48.7. The lowest BCUT2D eigenvalue weighted by atomic mass is 9.86. The SMILES string of the molecule is CCC(=O)C[C@H]1C[C@@H](n2cnc3c(NCC(O)(c4ccccc4)c4ccccc4)nc(N4CC[C@@H](NC(=O)N[C@@H]5CCN(c6nc(NCC(O)(c7ccccc7)c7ccccc7)c7ncn([C@@H]8C[C@H](CC(=O)CO)[C@@H](O)[C@H]8O)c7n6)C5)C4)nc32)[C@H](O)[C@@H]1O. The molecule has 10 atom stereocenters. The van der Waals surface area contributed by atoms with E-state index >= 15 is 0 Å². The number of fused-ring (bicyclic) bond motifs is 2. The summed E-state index contributed by atoms with van der Waals surface area (Å²) in [6, 6.07) is 34.8. The van der Waals surface area contributed by atoms with Gasteiger partial charge in [-0.2, -0.15) is 19.9 Å². The standard InChI is InChI=1S/C64H74N14O10/c1-2-46(80)27-38-29-48(54(84)52(38)82)77-36-67-50-56(65-34-63(87,40-15-7-3-8-16-40)41-17-9-4-10-18-41)71-60(73-58(50)77)75-25-23-44(31-75)69-62(86)70-45-24-26-76(32-45)61-72-57(66-35-64(88,42-19-11-5-12-20-42)43-21-13-6-14-22-43)51-59(74-61)78(37-68-51)49-30-39(28-47(81)33-79)53(83)55(49)85/h3-22,36-39,44-45,48-49,52-55,79,82-85,87-88H,2,23-35H2,1H3,(H,65,71,73)(H,66,72,74)(H2,69,70,86)/t38-,39-,44+,45+,48+,49+,52+,53+,54-,55-/m0/s1. The molecule has 2 saturated heterocycles. The number of carbonyl (C=O) groups excluding carboxylic acids is 3. The first-order valence-corrected chi connectivity index (χ1v) is 30.2. The number of urea groups is 1. The lowest BCUT2D eigenvalue weighted by molar-refractivity contribution is -0.123. The van der Waals surface area contributed by atoms with Gasteiger partial charge in [0, 0.05) is 57.5 Å². The quantitative estimate of drug-likeness (QED) is 0.0461. The highest BCUT2D eigenvalue weighted by Crippen LogP contribution is 2.42. The van der Waals surface area contributed by atoms with E-state index in [0.717, 1.165) is 0 Å². The van der Waals surface area contributed by atoms with Crippen LogP contribution in [-0.4, -0.2) is 175 Å². The van der Waals surface area contributed by atoms with Crippen LogP contribution in [0, 0.1) is 11.8 Å². The van der Waals surface area contributed by atoms with E-state index in [1.165, 1.54) is 6.33 Å². The Kier molecular flexibility index (Phi) is 17.2. The molecule has 4 aromatic heterocycles. The molecule has 4 aliphatic rings. The van der Waals surface area contributed by atoms with E-state index in [1.54, 1.807) is 22.4 Å². The molecule has 0 spiro atoms. The monoisotopic (exact) mass is 1200 g/mol. The number of aliphatic hydroxyl groups is 7. The summed E-state index contributed by atoms with van der Waals surface area (Å²) in [6.45, 7) is 2.61. The van der Waals surface area contributed by atoms with Gasteiger partial charge in [0.2, 0.25) is 11.9 Å². The van der Waals surface area contributed by atoms with Gasteiger partial charge in [0.25, 0.3) is 0 Å². The van der Waals surface area contributed by atoms with Crippen LogP contribution >= 0.6 is 0 Å². The van der Waals surface area contributed by atoms with Crippen LogP contribution in [0.4, 0.5) is 28.3 Å². The zero-order valence-corrected chi connectivity index (χ0v) is 48.7. The normalized spacial score (nSPS) is 23.9. The summed E-state index contributed by atoms with van der Waals surface area (Å²) >= 11 is 0. The van der Waals surface area contributed by atoms with Gasteiger partial charge in [-0.3, -0.25) is 9.59 Å². The van der Waals surface area contributed by atoms with E-state index in [2.05, 4.69) is 21.3 Å². The Balaban J connectivity index is 0.775. The summed E-state index contributed by atoms with van der Waals surface area (Å²) in [5.41, 5.74) is 0.977. The minimum atomic E-state index is -1.52. The predicted molar refractivity (Wildman–Crippen MR) is 327 cm³/mol. The Morgan fingerprint density at radius 2 is 0.909 bits per heavy atom. The number of carbonyl (C=O) groups is 3. The number of hydrogen-bond acceptors (Lipinski definition) is 20. The Bertz CT molecular complexity index is 3430. The number of aromatic nitrogens is 8. The maximum Gasteiger partial charge on any atom is 0.315 e. The molecule has 11 N–H and O–H groups in total. The minimum Gasteiger partial charge on any atom is -0.390 e. The first kappa shape index (κ1) is 59.8. The number of ketones is 2. The minimum absolute atomic E-state index is 0.00777. The predicted octanol–water partition coefficient (Wildman–Crippen LogP) is 3.71. The number of imidazole rings is 2. The van der Waals surface area contributed by atoms with Gasteiger partial charge in [-0.05, 0) is 59.8 Å². The molecule has 2 amide bonds. The van der Waals surface area contributed by atoms with Crippen LogP contribution < -0.4 is 31.1 Å². The van der Waals surface area contributed by atoms with Crippen molar-refractivity contribution in [3.05, 3.63) is 156 Å². The van der Waals surface area contributed by atoms with E-state index in [1.807, 2.05) is 131 Å². The molecular formula is C64H74N14O10. The van der Waals surface area contributed by atoms with E-state index in [0.29, 0.717) is 114 Å². The summed E-state index contributed by atoms with van der Waals surface area (Å²) in [7, 11) is 0. The number of anilines is 4. The summed E-state index contributed by atoms with van der Waals surface area (Å²) < 4.78 is 3.41. The van der Waals surface area contributed by atoms with Crippen LogP contribution in [0.3, 0.4) is 0 Å². The second kappa shape index (κ2) is 25.3. The molecule has 2 saturated carbocycles. The number of amides is 2. The molecule has 0 bridgehead atoms. The van der Waals surface area contributed by atoms with E-state index in [9.17, 15) is 50.1 Å². The molecule has 0 radical (unpaired) electrons. The number of hydrogen-bond donors (Lipinski definition) is 11. The van der Waals surface area contributed by atoms with Crippen LogP contribution in [0.5, 0.6) is 0 Å². The molecule has 88 heavy (non-hydrogen) atoms. The highest BCUT2D eigenvalue weighted by Gasteiger charge is 2.46. The molecule has 24 nitrogen and oxygen atoms in total. The van der Waals surface area contributed by atoms with Crippen molar-refractivity contribution in [2.24, 2.45) is 11.8 Å². The number of nitrogens with one attached hydrogen (secondary N) is 4. The fraction of sp³-hybridized carbons (Fsp3) is 0.422. The topological polar surface area (TPSA) is 335 Å². The summed E-state index contributed by atoms with van der Waals surface area (Å²) in [5.74, 6) is -0.326. The Morgan fingerprint density at radius 1 is 0.534 bits per heavy atom. The van der Waals surface area contributed by atoms with Crippen molar-refractivity contribution < 1.29 is 50.1 Å². The van der Waals surface area contributed by atoms with Gasteiger partial charge in [0.1, 0.15) is 35.8 Å². The van der Waals surface area contributed by atoms with Gasteiger partial charge in [0.05, 0.1) is 50.0 Å². The maximum atomic E-state index is 14.0. The third-order valence-corrected chi connectivity index (χ3v) is 18.3. The summed E-state index contributed by atoms with van der Waals surface area (Å²) in [5, 5.41) is 92.9. The lowest BCUT2D eigenvalue weighted by Crippen LogP contribution is -2.48. The maximum absolute atomic E-state index is 14.0. The van der Waals surface area contributed by atoms with Crippen molar-refractivity contribution in [3.8, 4) is 0 Å².